The Morgan fingerprint density at radius 1 is 0.480 bits per heavy atom. The number of unbranched alkanes of at least 4 members (excludes halogenated alkanes) is 3. The van der Waals surface area contributed by atoms with Crippen LogP contribution in [0.3, 0.4) is 0 Å². The normalized spacial score (nSPS) is 11.7. The van der Waals surface area contributed by atoms with Gasteiger partial charge < -0.3 is 47.8 Å². The summed E-state index contributed by atoms with van der Waals surface area (Å²) in [5, 5.41) is 39.3. The number of ether oxygens (including phenoxy) is 3. The van der Waals surface area contributed by atoms with Gasteiger partial charge in [0, 0.05) is 140 Å². The van der Waals surface area contributed by atoms with E-state index in [1.807, 2.05) is 209 Å². The molecule has 0 radical (unpaired) electrons. The van der Waals surface area contributed by atoms with E-state index in [0.717, 1.165) is 114 Å². The van der Waals surface area contributed by atoms with E-state index in [2.05, 4.69) is 48.4 Å². The van der Waals surface area contributed by atoms with Crippen molar-refractivity contribution >= 4 is 125 Å². The summed E-state index contributed by atoms with van der Waals surface area (Å²) in [7, 11) is 1.62. The molecule has 0 saturated heterocycles. The summed E-state index contributed by atoms with van der Waals surface area (Å²) in [6, 6.07) is 78.5. The number of aliphatic hydroxyl groups excluding tert-OH is 1. The number of aliphatic hydroxyl groups is 1. The molecular formula is C100H99N7O17S. The minimum atomic E-state index is -0.570. The third-order valence-electron chi connectivity index (χ3n) is 19.8. The van der Waals surface area contributed by atoms with Gasteiger partial charge in [-0.3, -0.25) is 24.5 Å². The van der Waals surface area contributed by atoms with Crippen molar-refractivity contribution in [2.75, 3.05) is 26.9 Å². The van der Waals surface area contributed by atoms with Crippen molar-refractivity contribution in [2.45, 2.75) is 137 Å². The van der Waals surface area contributed by atoms with Crippen LogP contribution in [0.4, 0.5) is 5.69 Å². The maximum atomic E-state index is 13.2. The molecule has 13 rings (SSSR count). The zero-order chi connectivity index (χ0) is 89.5. The molecule has 0 fully saturated rings. The van der Waals surface area contributed by atoms with Crippen LogP contribution in [-0.4, -0.2) is 116 Å². The van der Waals surface area contributed by atoms with E-state index >= 15 is 0 Å². The van der Waals surface area contributed by atoms with Crippen LogP contribution < -0.4 is 9.47 Å². The van der Waals surface area contributed by atoms with Gasteiger partial charge in [-0.15, -0.1) is 0 Å². The third kappa shape index (κ3) is 26.0. The molecule has 25 heteroatoms. The van der Waals surface area contributed by atoms with Crippen LogP contribution in [0.5, 0.6) is 11.5 Å². The number of carbonyl (C=O) groups excluding carboxylic acids is 7. The lowest BCUT2D eigenvalue weighted by molar-refractivity contribution is -0.384. The third-order valence-corrected chi connectivity index (χ3v) is 20.8. The lowest BCUT2D eigenvalue weighted by Gasteiger charge is -2.14. The Hall–Kier alpha value is -14.1. The highest BCUT2D eigenvalue weighted by molar-refractivity contribution is 7.99. The zero-order valence-corrected chi connectivity index (χ0v) is 72.4. The molecule has 11 aromatic carbocycles. The van der Waals surface area contributed by atoms with Crippen LogP contribution >= 0.6 is 11.8 Å². The summed E-state index contributed by atoms with van der Waals surface area (Å²) in [5.74, 6) is -1.24. The van der Waals surface area contributed by atoms with Gasteiger partial charge in [-0.2, -0.15) is 0 Å². The molecule has 642 valence electrons. The number of nitrogens with zero attached hydrogens (tertiary/aromatic N) is 7. The number of hydrogen-bond donors (Lipinski definition) is 1. The van der Waals surface area contributed by atoms with Gasteiger partial charge in [-0.1, -0.05) is 168 Å². The fraction of sp³-hybridized carbons (Fsp3) is 0.230. The predicted molar refractivity (Wildman–Crippen MR) is 488 cm³/mol. The largest absolute Gasteiger partial charge is 0.491 e. The van der Waals surface area contributed by atoms with Crippen molar-refractivity contribution in [3.63, 3.8) is 0 Å². The molecule has 13 aromatic rings. The van der Waals surface area contributed by atoms with E-state index in [1.54, 1.807) is 86.5 Å². The Labute approximate surface area is 729 Å². The minimum Gasteiger partial charge on any atom is -0.491 e. The summed E-state index contributed by atoms with van der Waals surface area (Å²) in [4.78, 5) is 117. The average Bonchev–Trinajstić information content (AvgIpc) is 1.60. The second kappa shape index (κ2) is 46.2. The predicted octanol–water partition coefficient (Wildman–Crippen LogP) is 21.1. The minimum absolute atomic E-state index is 0.0150. The number of aromatic nitrogens is 2. The fourth-order valence-corrected chi connectivity index (χ4v) is 14.5. The molecule has 0 aliphatic rings. The van der Waals surface area contributed by atoms with Crippen molar-refractivity contribution in [1.82, 2.24) is 9.13 Å². The van der Waals surface area contributed by atoms with Crippen LogP contribution in [0.25, 0.3) is 43.6 Å². The van der Waals surface area contributed by atoms with E-state index in [9.17, 15) is 43.7 Å². The van der Waals surface area contributed by atoms with Gasteiger partial charge in [0.1, 0.15) is 41.3 Å². The monoisotopic (exact) mass is 1700 g/mol. The smallest absolute Gasteiger partial charge is 0.365 e. The van der Waals surface area contributed by atoms with Crippen molar-refractivity contribution < 1.29 is 77.2 Å². The van der Waals surface area contributed by atoms with Crippen LogP contribution in [0.2, 0.25) is 0 Å². The number of nitro benzene ring substituents is 1. The highest BCUT2D eigenvalue weighted by Crippen LogP contribution is 2.36. The summed E-state index contributed by atoms with van der Waals surface area (Å²) in [6.45, 7) is 19.5. The molecule has 125 heavy (non-hydrogen) atoms. The number of hydrogen-bond acceptors (Lipinski definition) is 22. The molecule has 0 aliphatic heterocycles. The molecule has 0 spiro atoms. The number of Topliss-reactive ketones (excluding diaryl/α,β-unsaturated/α-hetero) is 2. The summed E-state index contributed by atoms with van der Waals surface area (Å²) >= 11 is 1.64. The molecule has 1 unspecified atom stereocenters. The Kier molecular flexibility index (Phi) is 34.4. The van der Waals surface area contributed by atoms with E-state index in [-0.39, 0.29) is 53.8 Å². The number of benzene rings is 11. The fourth-order valence-electron chi connectivity index (χ4n) is 13.6. The molecule has 2 heterocycles. The Morgan fingerprint density at radius 2 is 0.968 bits per heavy atom. The van der Waals surface area contributed by atoms with E-state index < -0.39 is 28.8 Å². The zero-order valence-electron chi connectivity index (χ0n) is 71.6. The number of carbonyl (C=O) groups is 7. The van der Waals surface area contributed by atoms with Gasteiger partial charge in [-0.25, -0.2) is 19.2 Å². The van der Waals surface area contributed by atoms with Gasteiger partial charge in [0.25, 0.3) is 5.69 Å². The number of ketones is 3. The molecular weight excluding hydrogens is 1600 g/mol. The first kappa shape index (κ1) is 93.1. The summed E-state index contributed by atoms with van der Waals surface area (Å²) in [5.41, 5.74) is 13.7. The molecule has 1 N–H and O–H groups in total. The van der Waals surface area contributed by atoms with E-state index in [4.69, 9.17) is 33.8 Å². The van der Waals surface area contributed by atoms with Crippen molar-refractivity contribution in [2.24, 2.45) is 20.6 Å². The number of rotatable bonds is 33. The molecule has 0 bridgehead atoms. The quantitative estimate of drug-likeness (QED) is 0.00997. The van der Waals surface area contributed by atoms with Crippen molar-refractivity contribution in [3.05, 3.63) is 326 Å². The first-order valence-corrected chi connectivity index (χ1v) is 41.7. The molecule has 0 saturated carbocycles. The van der Waals surface area contributed by atoms with Gasteiger partial charge >= 0.3 is 23.9 Å². The Bertz CT molecular complexity index is 6100. The number of fused-ring (bicyclic) bond motifs is 6. The number of methoxy groups -OCH3 is 1. The van der Waals surface area contributed by atoms with Gasteiger partial charge in [0.2, 0.25) is 11.6 Å². The van der Waals surface area contributed by atoms with Crippen LogP contribution in [-0.2, 0) is 58.0 Å². The highest BCUT2D eigenvalue weighted by Gasteiger charge is 2.22. The summed E-state index contributed by atoms with van der Waals surface area (Å²) < 4.78 is 20.6. The second-order valence-corrected chi connectivity index (χ2v) is 30.2. The molecule has 1 atom stereocenters. The van der Waals surface area contributed by atoms with Gasteiger partial charge in [0.15, 0.2) is 5.78 Å². The van der Waals surface area contributed by atoms with Crippen LogP contribution in [0, 0.1) is 17.0 Å². The second-order valence-electron chi connectivity index (χ2n) is 29.0. The molecule has 2 aromatic heterocycles. The number of nitro groups is 1. The SMILES string of the molecule is CC(=O)O/N=C(\C)C(=O)c1ccc(Cc2ccc(OCCO)cc2)cc1.CCCCCC/C(=N\OC(=O)c1ccccc1)C(=O)c1ccc(Sc2ccccc2)cc1.CCn1c2ccc(/C(=N/OC(C)=O)c3ccc(OC(C)COC)cc3)cc2c2cc([N+](=O)[O-])ccc21.CCn1c2ccc(C(=O)c3ccccc3C)cc2c2cc(/C(C)=N/OC(C)=O)ccc21. The van der Waals surface area contributed by atoms with Gasteiger partial charge in [0.05, 0.1) is 29.4 Å². The topological polar surface area (TPSA) is 307 Å². The van der Waals surface area contributed by atoms with E-state index in [0.29, 0.717) is 81.4 Å². The Balaban J connectivity index is 0.000000175. The lowest BCUT2D eigenvalue weighted by Crippen LogP contribution is -2.17. The van der Waals surface area contributed by atoms with Gasteiger partial charge in [-0.05, 0) is 217 Å². The standard InChI is InChI=1S/C27H27N3O6.C27H27NO3S.C26H24N2O3.C20H21NO5/c1-5-29-25-12-8-20(14-23(25)24-15-21(30(32)33)9-13-26(24)29)27(28-36-18(3)31)19-6-10-22(11-7-19)35-17(2)16-34-4;1-2-3-4-11-16-25(28-31-27(30)22-12-7-5-8-13-22)26(29)21-17-19-24(20-18-21)32-23-14-9-6-10-15-23;1-5-28-24-12-10-19(17(3)27-31-18(4)29)14-22(24)23-15-20(11-13-25(23)28)26(30)21-9-7-6-8-16(21)2;1-14(21-26-15(2)23)20(24)18-7-3-16(4-8-18)13-17-5-9-19(10-6-17)25-12-11-22/h6-15,17H,5,16H2,1-4H3;5-10,12-15,17-20H,2-4,11,16H2,1H3;6-15H,5H2,1-4H3;3-10,22H,11-13H2,1-2H3/b28-27+;28-25+;27-17+;21-14+. The van der Waals surface area contributed by atoms with E-state index in [1.165, 1.54) is 33.8 Å². The maximum Gasteiger partial charge on any atom is 0.365 e. The number of non-ortho nitro benzene ring substituents is 1. The lowest BCUT2D eigenvalue weighted by atomic mass is 9.97. The first-order chi connectivity index (χ1) is 60.4. The molecule has 24 nitrogen and oxygen atoms in total. The summed E-state index contributed by atoms with van der Waals surface area (Å²) in [6.07, 6.45) is 5.10. The van der Waals surface area contributed by atoms with Crippen molar-refractivity contribution in [1.29, 1.82) is 0 Å². The molecule has 0 amide bonds. The van der Waals surface area contributed by atoms with Crippen molar-refractivity contribution in [3.8, 4) is 11.5 Å². The van der Waals surface area contributed by atoms with Crippen LogP contribution in [0.15, 0.2) is 285 Å². The Morgan fingerprint density at radius 3 is 1.54 bits per heavy atom. The van der Waals surface area contributed by atoms with Crippen LogP contribution in [0.1, 0.15) is 175 Å². The molecule has 0 aliphatic carbocycles. The number of oxime groups is 4. The first-order valence-electron chi connectivity index (χ1n) is 40.9. The maximum absolute atomic E-state index is 13.2. The average molecular weight is 1700 g/mol. The number of aryl methyl sites for hydroxylation is 3. The highest BCUT2D eigenvalue weighted by atomic mass is 32.2.